The van der Waals surface area contributed by atoms with Crippen molar-refractivity contribution in [3.8, 4) is 11.3 Å². The van der Waals surface area contributed by atoms with Crippen molar-refractivity contribution < 1.29 is 5.11 Å². The molecule has 0 bridgehead atoms. The summed E-state index contributed by atoms with van der Waals surface area (Å²) >= 11 is 12.0. The fourth-order valence-electron chi connectivity index (χ4n) is 1.53. The van der Waals surface area contributed by atoms with Gasteiger partial charge >= 0.3 is 0 Å². The molecule has 5 heteroatoms. The van der Waals surface area contributed by atoms with E-state index in [9.17, 15) is 0 Å². The zero-order valence-corrected chi connectivity index (χ0v) is 10.3. The highest BCUT2D eigenvalue weighted by Gasteiger charge is 2.11. The maximum absolute atomic E-state index is 8.98. The first-order valence-electron chi connectivity index (χ1n) is 4.93. The fraction of sp³-hybridized carbons (Fsp3) is 0.0833. The average Bonchev–Trinajstić information content (AvgIpc) is 2.33. The van der Waals surface area contributed by atoms with E-state index < -0.39 is 0 Å². The average molecular weight is 269 g/mol. The highest BCUT2D eigenvalue weighted by molar-refractivity contribution is 6.43. The minimum atomic E-state index is -0.0965. The highest BCUT2D eigenvalue weighted by atomic mass is 35.5. The van der Waals surface area contributed by atoms with Gasteiger partial charge in [0.25, 0.3) is 0 Å². The molecule has 0 aliphatic rings. The third-order valence-electron chi connectivity index (χ3n) is 2.36. The predicted molar refractivity (Wildman–Crippen MR) is 70.0 cm³/mol. The summed E-state index contributed by atoms with van der Waals surface area (Å²) in [5.74, 6) is 0. The van der Waals surface area contributed by atoms with Crippen LogP contribution in [0, 0.1) is 0 Å². The molecule has 1 aromatic heterocycles. The Morgan fingerprint density at radius 2 is 2.06 bits per heavy atom. The number of hydrogen-bond donors (Lipinski definition) is 2. The van der Waals surface area contributed by atoms with Crippen molar-refractivity contribution in [2.24, 2.45) is 0 Å². The van der Waals surface area contributed by atoms with Crippen molar-refractivity contribution >= 4 is 28.9 Å². The zero-order valence-electron chi connectivity index (χ0n) is 8.82. The van der Waals surface area contributed by atoms with E-state index in [1.807, 2.05) is 0 Å². The summed E-state index contributed by atoms with van der Waals surface area (Å²) in [5, 5.41) is 9.86. The minimum absolute atomic E-state index is 0.0965. The van der Waals surface area contributed by atoms with Gasteiger partial charge in [0, 0.05) is 11.8 Å². The maximum atomic E-state index is 8.98. The molecule has 3 nitrogen and oxygen atoms in total. The molecule has 1 aromatic carbocycles. The van der Waals surface area contributed by atoms with Gasteiger partial charge < -0.3 is 10.8 Å². The topological polar surface area (TPSA) is 59.1 Å². The lowest BCUT2D eigenvalue weighted by Crippen LogP contribution is -1.97. The summed E-state index contributed by atoms with van der Waals surface area (Å²) in [6, 6.07) is 6.95. The van der Waals surface area contributed by atoms with Crippen LogP contribution in [-0.2, 0) is 6.61 Å². The molecule has 88 valence electrons. The van der Waals surface area contributed by atoms with E-state index in [0.717, 1.165) is 0 Å². The number of nitrogen functional groups attached to an aromatic ring is 1. The van der Waals surface area contributed by atoms with E-state index in [-0.39, 0.29) is 6.61 Å². The molecule has 2 aromatic rings. The third-order valence-corrected chi connectivity index (χ3v) is 3.18. The number of aliphatic hydroxyl groups excluding tert-OH is 1. The van der Waals surface area contributed by atoms with Gasteiger partial charge in [0.1, 0.15) is 0 Å². The largest absolute Gasteiger partial charge is 0.397 e. The van der Waals surface area contributed by atoms with Crippen LogP contribution >= 0.6 is 23.2 Å². The number of nitrogens with zero attached hydrogens (tertiary/aromatic N) is 1. The Hall–Kier alpha value is -1.29. The fourth-order valence-corrected chi connectivity index (χ4v) is 1.92. The van der Waals surface area contributed by atoms with Gasteiger partial charge in [0.2, 0.25) is 0 Å². The molecule has 2 rings (SSSR count). The summed E-state index contributed by atoms with van der Waals surface area (Å²) in [7, 11) is 0. The number of rotatable bonds is 2. The lowest BCUT2D eigenvalue weighted by molar-refractivity contribution is 0.281. The molecule has 0 aliphatic heterocycles. The molecule has 0 saturated heterocycles. The van der Waals surface area contributed by atoms with Crippen molar-refractivity contribution in [1.82, 2.24) is 4.98 Å². The molecule has 0 fully saturated rings. The zero-order chi connectivity index (χ0) is 12.4. The standard InChI is InChI=1S/C12H10Cl2N2O/c13-9-3-1-2-8(11(9)14)12-10(15)4-7(6-17)5-16-12/h1-5,17H,6,15H2. The molecule has 17 heavy (non-hydrogen) atoms. The monoisotopic (exact) mass is 268 g/mol. The number of halogens is 2. The first kappa shape index (κ1) is 12.2. The van der Waals surface area contributed by atoms with Crippen LogP contribution in [0.5, 0.6) is 0 Å². The van der Waals surface area contributed by atoms with Gasteiger partial charge in [-0.05, 0) is 17.7 Å². The Labute approximate surface area is 109 Å². The van der Waals surface area contributed by atoms with Crippen LogP contribution in [0.25, 0.3) is 11.3 Å². The molecule has 0 radical (unpaired) electrons. The highest BCUT2D eigenvalue weighted by Crippen LogP contribution is 2.35. The van der Waals surface area contributed by atoms with Gasteiger partial charge in [0.15, 0.2) is 0 Å². The Morgan fingerprint density at radius 1 is 1.29 bits per heavy atom. The van der Waals surface area contributed by atoms with Crippen molar-refractivity contribution in [3.05, 3.63) is 46.1 Å². The van der Waals surface area contributed by atoms with E-state index in [1.165, 1.54) is 0 Å². The third kappa shape index (κ3) is 2.36. The normalized spacial score (nSPS) is 10.5. The van der Waals surface area contributed by atoms with Gasteiger partial charge in [0.05, 0.1) is 28.0 Å². The first-order valence-corrected chi connectivity index (χ1v) is 5.68. The van der Waals surface area contributed by atoms with Crippen LogP contribution in [0.1, 0.15) is 5.56 Å². The number of anilines is 1. The van der Waals surface area contributed by atoms with Crippen LogP contribution in [-0.4, -0.2) is 10.1 Å². The van der Waals surface area contributed by atoms with Gasteiger partial charge in [-0.25, -0.2) is 0 Å². The Kier molecular flexibility index (Phi) is 3.52. The summed E-state index contributed by atoms with van der Waals surface area (Å²) in [5.41, 5.74) is 8.23. The molecule has 0 saturated carbocycles. The Balaban J connectivity index is 2.57. The van der Waals surface area contributed by atoms with Crippen LogP contribution in [0.4, 0.5) is 5.69 Å². The summed E-state index contributed by atoms with van der Waals surface area (Å²) < 4.78 is 0. The van der Waals surface area contributed by atoms with Crippen LogP contribution in [0.3, 0.4) is 0 Å². The van der Waals surface area contributed by atoms with Crippen molar-refractivity contribution in [3.63, 3.8) is 0 Å². The smallest absolute Gasteiger partial charge is 0.0946 e. The van der Waals surface area contributed by atoms with E-state index in [0.29, 0.717) is 32.6 Å². The SMILES string of the molecule is Nc1cc(CO)cnc1-c1cccc(Cl)c1Cl. The van der Waals surface area contributed by atoms with Crippen molar-refractivity contribution in [2.45, 2.75) is 6.61 Å². The number of nitrogens with two attached hydrogens (primary N) is 1. The second kappa shape index (κ2) is 4.92. The van der Waals surface area contributed by atoms with Crippen LogP contribution in [0.15, 0.2) is 30.5 Å². The van der Waals surface area contributed by atoms with Crippen molar-refractivity contribution in [2.75, 3.05) is 5.73 Å². The molecule has 1 heterocycles. The predicted octanol–water partition coefficient (Wildman–Crippen LogP) is 3.13. The number of pyridine rings is 1. The van der Waals surface area contributed by atoms with E-state index in [4.69, 9.17) is 34.0 Å². The molecule has 0 aliphatic carbocycles. The molecule has 0 amide bonds. The lowest BCUT2D eigenvalue weighted by atomic mass is 10.1. The van der Waals surface area contributed by atoms with Crippen molar-refractivity contribution in [1.29, 1.82) is 0 Å². The van der Waals surface area contributed by atoms with E-state index in [1.54, 1.807) is 30.5 Å². The quantitative estimate of drug-likeness (QED) is 0.880. The van der Waals surface area contributed by atoms with E-state index in [2.05, 4.69) is 4.98 Å². The summed E-state index contributed by atoms with van der Waals surface area (Å²) in [4.78, 5) is 4.19. The van der Waals surface area contributed by atoms with Crippen LogP contribution < -0.4 is 5.73 Å². The van der Waals surface area contributed by atoms with Gasteiger partial charge in [-0.15, -0.1) is 0 Å². The molecular formula is C12H10Cl2N2O. The molecule has 3 N–H and O–H groups in total. The summed E-state index contributed by atoms with van der Waals surface area (Å²) in [6.07, 6.45) is 1.56. The number of benzene rings is 1. The second-order valence-electron chi connectivity index (χ2n) is 3.54. The maximum Gasteiger partial charge on any atom is 0.0946 e. The van der Waals surface area contributed by atoms with Gasteiger partial charge in [-0.3, -0.25) is 4.98 Å². The molecule has 0 atom stereocenters. The number of hydrogen-bond acceptors (Lipinski definition) is 3. The Morgan fingerprint density at radius 3 is 2.71 bits per heavy atom. The lowest BCUT2D eigenvalue weighted by Gasteiger charge is -2.09. The summed E-state index contributed by atoms with van der Waals surface area (Å²) in [6.45, 7) is -0.0965. The van der Waals surface area contributed by atoms with Crippen LogP contribution in [0.2, 0.25) is 10.0 Å². The number of aliphatic hydroxyl groups is 1. The molecule has 0 spiro atoms. The van der Waals surface area contributed by atoms with Gasteiger partial charge in [-0.2, -0.15) is 0 Å². The molecule has 0 unspecified atom stereocenters. The second-order valence-corrected chi connectivity index (χ2v) is 4.33. The first-order chi connectivity index (χ1) is 8.13. The van der Waals surface area contributed by atoms with E-state index >= 15 is 0 Å². The van der Waals surface area contributed by atoms with Gasteiger partial charge in [-0.1, -0.05) is 35.3 Å². The number of aromatic nitrogens is 1. The minimum Gasteiger partial charge on any atom is -0.397 e. The Bertz CT molecular complexity index is 558. The molecular weight excluding hydrogens is 259 g/mol.